The summed E-state index contributed by atoms with van der Waals surface area (Å²) >= 11 is 0. The third kappa shape index (κ3) is 4.04. The van der Waals surface area contributed by atoms with Gasteiger partial charge in [0.05, 0.1) is 5.60 Å². The van der Waals surface area contributed by atoms with Crippen molar-refractivity contribution in [3.63, 3.8) is 0 Å². The first kappa shape index (κ1) is 14.0. The van der Waals surface area contributed by atoms with Crippen LogP contribution in [0.25, 0.3) is 0 Å². The Morgan fingerprint density at radius 2 is 1.94 bits per heavy atom. The standard InChI is InChI=1S/C15H24O2/c1-5-12(3)13-9-7-8-10-14(13)17-11-15(4,16)6-2/h7-10,12,16H,5-6,11H2,1-4H3. The van der Waals surface area contributed by atoms with Crippen molar-refractivity contribution in [1.29, 1.82) is 0 Å². The molecule has 0 aliphatic rings. The summed E-state index contributed by atoms with van der Waals surface area (Å²) in [4.78, 5) is 0. The molecule has 2 atom stereocenters. The highest BCUT2D eigenvalue weighted by Gasteiger charge is 2.19. The second-order valence-electron chi connectivity index (χ2n) is 4.99. The van der Waals surface area contributed by atoms with Gasteiger partial charge in [-0.3, -0.25) is 0 Å². The number of para-hydroxylation sites is 1. The first-order valence-corrected chi connectivity index (χ1v) is 6.44. The number of ether oxygens (including phenoxy) is 1. The van der Waals surface area contributed by atoms with Gasteiger partial charge in [0.1, 0.15) is 12.4 Å². The summed E-state index contributed by atoms with van der Waals surface area (Å²) in [5.41, 5.74) is 0.477. The molecule has 0 bridgehead atoms. The van der Waals surface area contributed by atoms with Crippen molar-refractivity contribution in [3.05, 3.63) is 29.8 Å². The van der Waals surface area contributed by atoms with Crippen LogP contribution in [0.1, 0.15) is 52.0 Å². The van der Waals surface area contributed by atoms with Gasteiger partial charge in [0, 0.05) is 0 Å². The molecule has 0 spiro atoms. The lowest BCUT2D eigenvalue weighted by molar-refractivity contribution is 0.00809. The second-order valence-corrected chi connectivity index (χ2v) is 4.99. The van der Waals surface area contributed by atoms with Gasteiger partial charge in [-0.1, -0.05) is 39.0 Å². The van der Waals surface area contributed by atoms with Gasteiger partial charge in [-0.2, -0.15) is 0 Å². The zero-order chi connectivity index (χ0) is 12.9. The molecule has 0 saturated carbocycles. The second kappa shape index (κ2) is 6.06. The van der Waals surface area contributed by atoms with E-state index in [-0.39, 0.29) is 0 Å². The van der Waals surface area contributed by atoms with E-state index in [2.05, 4.69) is 19.9 Å². The van der Waals surface area contributed by atoms with Gasteiger partial charge in [0.25, 0.3) is 0 Å². The van der Waals surface area contributed by atoms with Crippen LogP contribution in [0.15, 0.2) is 24.3 Å². The first-order chi connectivity index (χ1) is 8.00. The van der Waals surface area contributed by atoms with Crippen LogP contribution in [0.4, 0.5) is 0 Å². The van der Waals surface area contributed by atoms with E-state index in [9.17, 15) is 5.11 Å². The third-order valence-electron chi connectivity index (χ3n) is 3.36. The fourth-order valence-electron chi connectivity index (χ4n) is 1.57. The van der Waals surface area contributed by atoms with Gasteiger partial charge in [-0.25, -0.2) is 0 Å². The van der Waals surface area contributed by atoms with E-state index in [1.54, 1.807) is 6.92 Å². The zero-order valence-electron chi connectivity index (χ0n) is 11.4. The summed E-state index contributed by atoms with van der Waals surface area (Å²) in [7, 11) is 0. The Hall–Kier alpha value is -1.02. The largest absolute Gasteiger partial charge is 0.490 e. The Labute approximate surface area is 105 Å². The minimum atomic E-state index is -0.747. The quantitative estimate of drug-likeness (QED) is 0.815. The highest BCUT2D eigenvalue weighted by molar-refractivity contribution is 5.35. The van der Waals surface area contributed by atoms with E-state index in [1.807, 2.05) is 25.1 Å². The predicted molar refractivity (Wildman–Crippen MR) is 71.6 cm³/mol. The van der Waals surface area contributed by atoms with Gasteiger partial charge >= 0.3 is 0 Å². The molecule has 0 aliphatic heterocycles. The Kier molecular flexibility index (Phi) is 5.01. The first-order valence-electron chi connectivity index (χ1n) is 6.44. The molecule has 96 valence electrons. The van der Waals surface area contributed by atoms with Crippen molar-refractivity contribution in [1.82, 2.24) is 0 Å². The van der Waals surface area contributed by atoms with Crippen LogP contribution in [0.3, 0.4) is 0 Å². The molecule has 17 heavy (non-hydrogen) atoms. The molecule has 0 saturated heterocycles. The van der Waals surface area contributed by atoms with Gasteiger partial charge in [0.15, 0.2) is 0 Å². The Morgan fingerprint density at radius 3 is 2.53 bits per heavy atom. The molecule has 1 aromatic carbocycles. The highest BCUT2D eigenvalue weighted by atomic mass is 16.5. The molecule has 0 heterocycles. The molecule has 0 fully saturated rings. The lowest BCUT2D eigenvalue weighted by Gasteiger charge is -2.23. The maximum absolute atomic E-state index is 9.95. The maximum atomic E-state index is 9.95. The van der Waals surface area contributed by atoms with Crippen molar-refractivity contribution < 1.29 is 9.84 Å². The number of hydrogen-bond acceptors (Lipinski definition) is 2. The van der Waals surface area contributed by atoms with Crippen LogP contribution in [-0.2, 0) is 0 Å². The molecule has 2 heteroatoms. The van der Waals surface area contributed by atoms with Crippen LogP contribution in [0, 0.1) is 0 Å². The van der Waals surface area contributed by atoms with Crippen LogP contribution >= 0.6 is 0 Å². The molecule has 1 aromatic rings. The molecule has 1 N–H and O–H groups in total. The van der Waals surface area contributed by atoms with Crippen molar-refractivity contribution in [2.24, 2.45) is 0 Å². The van der Waals surface area contributed by atoms with Crippen molar-refractivity contribution in [2.45, 2.75) is 52.1 Å². The minimum Gasteiger partial charge on any atom is -0.490 e. The van der Waals surface area contributed by atoms with E-state index in [1.165, 1.54) is 5.56 Å². The van der Waals surface area contributed by atoms with E-state index in [0.29, 0.717) is 18.9 Å². The molecule has 2 unspecified atom stereocenters. The molecule has 2 nitrogen and oxygen atoms in total. The lowest BCUT2D eigenvalue weighted by atomic mass is 9.97. The fourth-order valence-corrected chi connectivity index (χ4v) is 1.57. The number of aliphatic hydroxyl groups is 1. The highest BCUT2D eigenvalue weighted by Crippen LogP contribution is 2.29. The monoisotopic (exact) mass is 236 g/mol. The summed E-state index contributed by atoms with van der Waals surface area (Å²) in [6.07, 6.45) is 1.78. The molecule has 0 amide bonds. The Morgan fingerprint density at radius 1 is 1.29 bits per heavy atom. The third-order valence-corrected chi connectivity index (χ3v) is 3.36. The van der Waals surface area contributed by atoms with Gasteiger partial charge in [-0.05, 0) is 37.3 Å². The van der Waals surface area contributed by atoms with Crippen LogP contribution in [0.5, 0.6) is 5.75 Å². The van der Waals surface area contributed by atoms with Crippen LogP contribution < -0.4 is 4.74 Å². The normalized spacial score (nSPS) is 16.3. The fraction of sp³-hybridized carbons (Fsp3) is 0.600. The van der Waals surface area contributed by atoms with E-state index in [4.69, 9.17) is 4.74 Å². The van der Waals surface area contributed by atoms with E-state index in [0.717, 1.165) is 12.2 Å². The SMILES string of the molecule is CCC(C)c1ccccc1OCC(C)(O)CC. The molecule has 0 aliphatic carbocycles. The van der Waals surface area contributed by atoms with Gasteiger partial charge < -0.3 is 9.84 Å². The number of rotatable bonds is 6. The average molecular weight is 236 g/mol. The topological polar surface area (TPSA) is 29.5 Å². The van der Waals surface area contributed by atoms with Crippen molar-refractivity contribution >= 4 is 0 Å². The molecular formula is C15H24O2. The van der Waals surface area contributed by atoms with Crippen molar-refractivity contribution in [3.8, 4) is 5.75 Å². The van der Waals surface area contributed by atoms with Crippen molar-refractivity contribution in [2.75, 3.05) is 6.61 Å². The van der Waals surface area contributed by atoms with E-state index < -0.39 is 5.60 Å². The predicted octanol–water partition coefficient (Wildman–Crippen LogP) is 3.74. The molecular weight excluding hydrogens is 212 g/mol. The number of benzene rings is 1. The lowest BCUT2D eigenvalue weighted by Crippen LogP contribution is -2.31. The molecule has 0 radical (unpaired) electrons. The summed E-state index contributed by atoms with van der Waals surface area (Å²) in [5, 5.41) is 9.95. The molecule has 1 rings (SSSR count). The summed E-state index contributed by atoms with van der Waals surface area (Å²) in [6, 6.07) is 8.09. The van der Waals surface area contributed by atoms with Gasteiger partial charge in [-0.15, -0.1) is 0 Å². The Bertz CT molecular complexity index is 345. The van der Waals surface area contributed by atoms with E-state index >= 15 is 0 Å². The van der Waals surface area contributed by atoms with Gasteiger partial charge in [0.2, 0.25) is 0 Å². The summed E-state index contributed by atoms with van der Waals surface area (Å²) in [5.74, 6) is 1.38. The zero-order valence-corrected chi connectivity index (χ0v) is 11.4. The average Bonchev–Trinajstić information content (AvgIpc) is 2.36. The number of hydrogen-bond donors (Lipinski definition) is 1. The molecule has 0 aromatic heterocycles. The Balaban J connectivity index is 2.77. The minimum absolute atomic E-state index is 0.344. The summed E-state index contributed by atoms with van der Waals surface area (Å²) in [6.45, 7) is 8.48. The maximum Gasteiger partial charge on any atom is 0.122 e. The van der Waals surface area contributed by atoms with Crippen LogP contribution in [0.2, 0.25) is 0 Å². The van der Waals surface area contributed by atoms with Crippen LogP contribution in [-0.4, -0.2) is 17.3 Å². The smallest absolute Gasteiger partial charge is 0.122 e. The summed E-state index contributed by atoms with van der Waals surface area (Å²) < 4.78 is 5.77.